The van der Waals surface area contributed by atoms with Crippen LogP contribution in [0.5, 0.6) is 0 Å². The van der Waals surface area contributed by atoms with Gasteiger partial charge in [-0.05, 0) is 0 Å². The number of aromatic nitrogens is 5. The second kappa shape index (κ2) is 7.07. The van der Waals surface area contributed by atoms with Crippen molar-refractivity contribution in [2.75, 3.05) is 39.3 Å². The third-order valence-electron chi connectivity index (χ3n) is 4.19. The van der Waals surface area contributed by atoms with Gasteiger partial charge in [0.1, 0.15) is 0 Å². The van der Waals surface area contributed by atoms with Crippen LogP contribution in [0.4, 0.5) is 0 Å². The molecule has 11 nitrogen and oxygen atoms in total. The lowest BCUT2D eigenvalue weighted by atomic mass is 10.3. The first kappa shape index (κ1) is 17.2. The third-order valence-corrected chi connectivity index (χ3v) is 4.19. The number of carbonyl (C=O) groups is 1. The zero-order valence-electron chi connectivity index (χ0n) is 14.2. The Labute approximate surface area is 142 Å². The molecule has 1 aliphatic heterocycles. The van der Waals surface area contributed by atoms with Gasteiger partial charge in [-0.3, -0.25) is 23.6 Å². The molecule has 1 aliphatic rings. The molecule has 0 atom stereocenters. The van der Waals surface area contributed by atoms with Gasteiger partial charge in [-0.15, -0.1) is 10.2 Å². The predicted octanol–water partition coefficient (Wildman–Crippen LogP) is -2.94. The molecule has 0 aliphatic carbocycles. The summed E-state index contributed by atoms with van der Waals surface area (Å²) in [5, 5.41) is 13.6. The maximum Gasteiger partial charge on any atom is 0.332 e. The first-order valence-electron chi connectivity index (χ1n) is 8.00. The minimum Gasteiger partial charge on any atom is -0.348 e. The summed E-state index contributed by atoms with van der Waals surface area (Å²) in [6, 6.07) is 0. The summed E-state index contributed by atoms with van der Waals surface area (Å²) in [4.78, 5) is 42.5. The van der Waals surface area contributed by atoms with E-state index in [9.17, 15) is 14.4 Å². The smallest absolute Gasteiger partial charge is 0.332 e. The van der Waals surface area contributed by atoms with Crippen molar-refractivity contribution < 1.29 is 4.79 Å². The number of fused-ring (bicyclic) bond motifs is 1. The van der Waals surface area contributed by atoms with Crippen molar-refractivity contribution >= 4 is 17.1 Å². The Balaban J connectivity index is 1.76. The fourth-order valence-corrected chi connectivity index (χ4v) is 2.69. The van der Waals surface area contributed by atoms with E-state index in [1.165, 1.54) is 18.7 Å². The molecule has 0 spiro atoms. The summed E-state index contributed by atoms with van der Waals surface area (Å²) in [5.41, 5.74) is -1.15. The highest BCUT2D eigenvalue weighted by Crippen LogP contribution is 1.99. The third kappa shape index (κ3) is 3.42. The summed E-state index contributed by atoms with van der Waals surface area (Å²) in [7, 11) is 2.81. The van der Waals surface area contributed by atoms with Crippen LogP contribution in [0.2, 0.25) is 0 Å². The molecule has 0 aromatic carbocycles. The largest absolute Gasteiger partial charge is 0.348 e. The van der Waals surface area contributed by atoms with Gasteiger partial charge < -0.3 is 10.6 Å². The van der Waals surface area contributed by atoms with Gasteiger partial charge >= 0.3 is 5.69 Å². The van der Waals surface area contributed by atoms with Crippen molar-refractivity contribution in [2.45, 2.75) is 0 Å². The molecule has 1 amide bonds. The van der Waals surface area contributed by atoms with Crippen LogP contribution in [0.25, 0.3) is 11.2 Å². The van der Waals surface area contributed by atoms with E-state index in [1.54, 1.807) is 0 Å². The van der Waals surface area contributed by atoms with Gasteiger partial charge in [0.2, 0.25) is 5.82 Å². The van der Waals surface area contributed by atoms with Crippen molar-refractivity contribution in [1.82, 2.24) is 39.8 Å². The van der Waals surface area contributed by atoms with Crippen LogP contribution in [0.15, 0.2) is 9.59 Å². The zero-order valence-corrected chi connectivity index (χ0v) is 14.2. The van der Waals surface area contributed by atoms with E-state index in [2.05, 4.69) is 30.7 Å². The average Bonchev–Trinajstić information content (AvgIpc) is 2.65. The number of nitrogens with one attached hydrogen (secondary N) is 2. The van der Waals surface area contributed by atoms with Gasteiger partial charge in [-0.2, -0.15) is 0 Å². The average molecular weight is 348 g/mol. The predicted molar refractivity (Wildman–Crippen MR) is 89.5 cm³/mol. The monoisotopic (exact) mass is 348 g/mol. The van der Waals surface area contributed by atoms with Crippen LogP contribution >= 0.6 is 0 Å². The second-order valence-electron chi connectivity index (χ2n) is 5.86. The van der Waals surface area contributed by atoms with Crippen LogP contribution in [0.3, 0.4) is 0 Å². The maximum atomic E-state index is 12.2. The lowest BCUT2D eigenvalue weighted by molar-refractivity contribution is 0.0936. The van der Waals surface area contributed by atoms with Gasteiger partial charge in [-0.25, -0.2) is 9.78 Å². The lowest BCUT2D eigenvalue weighted by Crippen LogP contribution is -2.46. The molecule has 11 heteroatoms. The Hall–Kier alpha value is -2.66. The highest BCUT2D eigenvalue weighted by Gasteiger charge is 2.17. The molecule has 1 fully saturated rings. The molecule has 2 aromatic rings. The Morgan fingerprint density at radius 2 is 1.88 bits per heavy atom. The van der Waals surface area contributed by atoms with Crippen molar-refractivity contribution in [3.05, 3.63) is 26.7 Å². The van der Waals surface area contributed by atoms with Gasteiger partial charge in [0.05, 0.1) is 0 Å². The number of amides is 1. The molecule has 2 N–H and O–H groups in total. The van der Waals surface area contributed by atoms with E-state index >= 15 is 0 Å². The van der Waals surface area contributed by atoms with Crippen LogP contribution in [-0.2, 0) is 14.1 Å². The number of hydrogen-bond acceptors (Lipinski definition) is 8. The maximum absolute atomic E-state index is 12.2. The van der Waals surface area contributed by atoms with Crippen molar-refractivity contribution in [3.63, 3.8) is 0 Å². The first-order valence-corrected chi connectivity index (χ1v) is 8.00. The molecule has 134 valence electrons. The van der Waals surface area contributed by atoms with Crippen molar-refractivity contribution in [3.8, 4) is 0 Å². The summed E-state index contributed by atoms with van der Waals surface area (Å²) in [6.45, 7) is 4.93. The van der Waals surface area contributed by atoms with E-state index in [1.807, 2.05) is 0 Å². The molecular weight excluding hydrogens is 328 g/mol. The number of hydrogen-bond donors (Lipinski definition) is 2. The number of aryl methyl sites for hydroxylation is 1. The molecule has 3 rings (SSSR count). The highest BCUT2D eigenvalue weighted by atomic mass is 16.2. The highest BCUT2D eigenvalue weighted by molar-refractivity contribution is 5.91. The summed E-state index contributed by atoms with van der Waals surface area (Å²) >= 11 is 0. The Morgan fingerprint density at radius 1 is 1.16 bits per heavy atom. The second-order valence-corrected chi connectivity index (χ2v) is 5.86. The molecule has 0 saturated carbocycles. The first-order chi connectivity index (χ1) is 12.0. The summed E-state index contributed by atoms with van der Waals surface area (Å²) in [6.07, 6.45) is 0. The quantitative estimate of drug-likeness (QED) is 0.601. The normalized spacial score (nSPS) is 15.4. The van der Waals surface area contributed by atoms with Gasteiger partial charge in [-0.1, -0.05) is 0 Å². The Bertz CT molecular complexity index is 913. The van der Waals surface area contributed by atoms with Crippen LogP contribution < -0.4 is 21.9 Å². The molecule has 0 bridgehead atoms. The van der Waals surface area contributed by atoms with Gasteiger partial charge in [0, 0.05) is 53.4 Å². The van der Waals surface area contributed by atoms with E-state index < -0.39 is 17.2 Å². The number of rotatable bonds is 4. The van der Waals surface area contributed by atoms with E-state index in [0.717, 1.165) is 37.3 Å². The van der Waals surface area contributed by atoms with Gasteiger partial charge in [0.15, 0.2) is 11.2 Å². The fraction of sp³-hybridized carbons (Fsp3) is 0.571. The van der Waals surface area contributed by atoms with Crippen LogP contribution in [0, 0.1) is 0 Å². The van der Waals surface area contributed by atoms with Crippen LogP contribution in [0.1, 0.15) is 10.6 Å². The lowest BCUT2D eigenvalue weighted by Gasteiger charge is -2.26. The molecule has 25 heavy (non-hydrogen) atoms. The van der Waals surface area contributed by atoms with E-state index in [0.29, 0.717) is 6.54 Å². The van der Waals surface area contributed by atoms with Crippen molar-refractivity contribution in [2.24, 2.45) is 14.1 Å². The molecule has 3 heterocycles. The Morgan fingerprint density at radius 3 is 2.60 bits per heavy atom. The van der Waals surface area contributed by atoms with E-state index in [4.69, 9.17) is 0 Å². The molecule has 0 unspecified atom stereocenters. The van der Waals surface area contributed by atoms with E-state index in [-0.39, 0.29) is 17.0 Å². The zero-order chi connectivity index (χ0) is 18.0. The van der Waals surface area contributed by atoms with Gasteiger partial charge in [0.25, 0.3) is 11.5 Å². The Kier molecular flexibility index (Phi) is 4.86. The molecular formula is C14H20N8O3. The minimum atomic E-state index is -0.608. The summed E-state index contributed by atoms with van der Waals surface area (Å²) < 4.78 is 2.09. The van der Waals surface area contributed by atoms with Crippen molar-refractivity contribution in [1.29, 1.82) is 0 Å². The standard InChI is InChI=1S/C14H20N8O3/c1-20-11-9(13(24)21(2)14(20)25)17-10(18-19-11)12(23)16-5-8-22-6-3-15-4-7-22/h15H,3-8H2,1-2H3,(H,16,23). The fourth-order valence-electron chi connectivity index (χ4n) is 2.69. The number of nitrogens with zero attached hydrogens (tertiary/aromatic N) is 6. The molecule has 0 radical (unpaired) electrons. The topological polar surface area (TPSA) is 127 Å². The number of piperazine rings is 1. The van der Waals surface area contributed by atoms with Crippen LogP contribution in [-0.4, -0.2) is 74.4 Å². The molecule has 1 saturated heterocycles. The number of carbonyl (C=O) groups excluding carboxylic acids is 1. The molecule has 2 aromatic heterocycles. The SMILES string of the molecule is Cn1c(=O)c2nc(C(=O)NCCN3CCNCC3)nnc2n(C)c1=O. The minimum absolute atomic E-state index is 0.0467. The summed E-state index contributed by atoms with van der Waals surface area (Å²) in [5.74, 6) is -0.691.